The molecule has 1 heterocycles. The van der Waals surface area contributed by atoms with E-state index in [-0.39, 0.29) is 6.04 Å². The number of aliphatic hydroxyl groups excluding tert-OH is 1. The fraction of sp³-hybridized carbons (Fsp3) is 0.750. The zero-order chi connectivity index (χ0) is 8.27. The Balaban J connectivity index is 2.20. The molecule has 2 atom stereocenters. The summed E-state index contributed by atoms with van der Waals surface area (Å²) in [6.45, 7) is 4.46. The van der Waals surface area contributed by atoms with Crippen molar-refractivity contribution < 1.29 is 5.11 Å². The Morgan fingerprint density at radius 3 is 2.55 bits per heavy atom. The molecule has 0 radical (unpaired) electrons. The van der Waals surface area contributed by atoms with Crippen LogP contribution in [0.4, 0.5) is 0 Å². The molecular weight excluding hydrogens is 140 g/mol. The highest BCUT2D eigenvalue weighted by Crippen LogP contribution is 2.00. The predicted molar refractivity (Wildman–Crippen MR) is 45.2 cm³/mol. The fourth-order valence-electron chi connectivity index (χ4n) is 1.12. The molecule has 0 fully saturated rings. The molecule has 0 saturated heterocycles. The van der Waals surface area contributed by atoms with Gasteiger partial charge in [0.1, 0.15) is 0 Å². The van der Waals surface area contributed by atoms with E-state index < -0.39 is 6.10 Å². The zero-order valence-corrected chi connectivity index (χ0v) is 6.90. The van der Waals surface area contributed by atoms with E-state index in [9.17, 15) is 0 Å². The van der Waals surface area contributed by atoms with Crippen LogP contribution in [0.1, 0.15) is 6.92 Å². The Kier molecular flexibility index (Phi) is 3.05. The summed E-state index contributed by atoms with van der Waals surface area (Å²) >= 11 is 0. The second-order valence-corrected chi connectivity index (χ2v) is 3.09. The van der Waals surface area contributed by atoms with Gasteiger partial charge in [-0.15, -0.1) is 0 Å². The minimum absolute atomic E-state index is 0.116. The van der Waals surface area contributed by atoms with Gasteiger partial charge in [0, 0.05) is 25.7 Å². The highest BCUT2D eigenvalue weighted by atomic mass is 16.3. The largest absolute Gasteiger partial charge is 0.392 e. The molecule has 0 amide bonds. The SMILES string of the molecule is CC(O)C(N)CN1CC=CC1. The summed E-state index contributed by atoms with van der Waals surface area (Å²) in [7, 11) is 0. The fourth-order valence-corrected chi connectivity index (χ4v) is 1.12. The number of nitrogens with zero attached hydrogens (tertiary/aromatic N) is 1. The van der Waals surface area contributed by atoms with Gasteiger partial charge >= 0.3 is 0 Å². The van der Waals surface area contributed by atoms with Crippen molar-refractivity contribution in [3.63, 3.8) is 0 Å². The predicted octanol–water partition coefficient (Wildman–Crippen LogP) is -0.434. The van der Waals surface area contributed by atoms with Gasteiger partial charge in [0.25, 0.3) is 0 Å². The van der Waals surface area contributed by atoms with Crippen LogP contribution in [0.15, 0.2) is 12.2 Å². The van der Waals surface area contributed by atoms with Gasteiger partial charge < -0.3 is 10.8 Å². The standard InChI is InChI=1S/C8H16N2O/c1-7(11)8(9)6-10-4-2-3-5-10/h2-3,7-8,11H,4-6,9H2,1H3. The van der Waals surface area contributed by atoms with Crippen LogP contribution in [0.25, 0.3) is 0 Å². The first-order valence-electron chi connectivity index (χ1n) is 4.01. The van der Waals surface area contributed by atoms with Crippen LogP contribution in [0, 0.1) is 0 Å². The molecule has 0 spiro atoms. The smallest absolute Gasteiger partial charge is 0.0675 e. The van der Waals surface area contributed by atoms with Crippen molar-refractivity contribution in [1.29, 1.82) is 0 Å². The number of nitrogens with two attached hydrogens (primary N) is 1. The maximum atomic E-state index is 9.11. The third-order valence-corrected chi connectivity index (χ3v) is 1.98. The molecule has 3 N–H and O–H groups in total. The van der Waals surface area contributed by atoms with E-state index in [4.69, 9.17) is 10.8 Å². The number of aliphatic hydroxyl groups is 1. The Morgan fingerprint density at radius 2 is 2.09 bits per heavy atom. The first-order valence-corrected chi connectivity index (χ1v) is 4.01. The van der Waals surface area contributed by atoms with Gasteiger partial charge in [-0.3, -0.25) is 4.90 Å². The number of rotatable bonds is 3. The third kappa shape index (κ3) is 2.61. The van der Waals surface area contributed by atoms with Crippen molar-refractivity contribution in [3.05, 3.63) is 12.2 Å². The summed E-state index contributed by atoms with van der Waals surface area (Å²) in [5, 5.41) is 9.11. The van der Waals surface area contributed by atoms with E-state index in [0.717, 1.165) is 19.6 Å². The van der Waals surface area contributed by atoms with E-state index in [1.165, 1.54) is 0 Å². The monoisotopic (exact) mass is 156 g/mol. The van der Waals surface area contributed by atoms with E-state index in [2.05, 4.69) is 17.1 Å². The second-order valence-electron chi connectivity index (χ2n) is 3.09. The van der Waals surface area contributed by atoms with Crippen LogP contribution >= 0.6 is 0 Å². The second kappa shape index (κ2) is 3.85. The third-order valence-electron chi connectivity index (χ3n) is 1.98. The summed E-state index contributed by atoms with van der Waals surface area (Å²) in [5.41, 5.74) is 5.68. The average molecular weight is 156 g/mol. The van der Waals surface area contributed by atoms with Gasteiger partial charge in [-0.05, 0) is 6.92 Å². The molecule has 1 aliphatic rings. The van der Waals surface area contributed by atoms with Crippen LogP contribution in [0.3, 0.4) is 0 Å². The number of hydrogen-bond acceptors (Lipinski definition) is 3. The van der Waals surface area contributed by atoms with Crippen LogP contribution < -0.4 is 5.73 Å². The van der Waals surface area contributed by atoms with Crippen molar-refractivity contribution in [2.75, 3.05) is 19.6 Å². The lowest BCUT2D eigenvalue weighted by Gasteiger charge is -2.21. The average Bonchev–Trinajstić information content (AvgIpc) is 2.39. The van der Waals surface area contributed by atoms with Gasteiger partial charge in [0.05, 0.1) is 6.10 Å². The van der Waals surface area contributed by atoms with Crippen LogP contribution in [-0.4, -0.2) is 41.8 Å². The Morgan fingerprint density at radius 1 is 1.55 bits per heavy atom. The zero-order valence-electron chi connectivity index (χ0n) is 6.90. The van der Waals surface area contributed by atoms with Crippen LogP contribution in [0.2, 0.25) is 0 Å². The van der Waals surface area contributed by atoms with Gasteiger partial charge in [-0.1, -0.05) is 12.2 Å². The minimum atomic E-state index is -0.407. The first kappa shape index (κ1) is 8.71. The Hall–Kier alpha value is -0.380. The molecular formula is C8H16N2O. The van der Waals surface area contributed by atoms with E-state index >= 15 is 0 Å². The molecule has 1 rings (SSSR count). The molecule has 11 heavy (non-hydrogen) atoms. The lowest BCUT2D eigenvalue weighted by molar-refractivity contribution is 0.142. The molecule has 2 unspecified atom stereocenters. The molecule has 3 nitrogen and oxygen atoms in total. The molecule has 1 aliphatic heterocycles. The maximum absolute atomic E-state index is 9.11. The molecule has 0 aromatic rings. The first-order chi connectivity index (χ1) is 5.20. The summed E-state index contributed by atoms with van der Waals surface area (Å²) in [6, 6.07) is -0.116. The van der Waals surface area contributed by atoms with Crippen molar-refractivity contribution in [1.82, 2.24) is 4.90 Å². The molecule has 0 saturated carbocycles. The summed E-state index contributed by atoms with van der Waals surface area (Å²) in [6.07, 6.45) is 3.83. The summed E-state index contributed by atoms with van der Waals surface area (Å²) in [4.78, 5) is 2.21. The van der Waals surface area contributed by atoms with Crippen molar-refractivity contribution in [2.45, 2.75) is 19.1 Å². The molecule has 0 aromatic heterocycles. The maximum Gasteiger partial charge on any atom is 0.0675 e. The molecule has 3 heteroatoms. The Labute approximate surface area is 67.5 Å². The normalized spacial score (nSPS) is 23.9. The van der Waals surface area contributed by atoms with Gasteiger partial charge in [-0.25, -0.2) is 0 Å². The molecule has 0 aliphatic carbocycles. The van der Waals surface area contributed by atoms with Crippen LogP contribution in [-0.2, 0) is 0 Å². The van der Waals surface area contributed by atoms with Gasteiger partial charge in [0.2, 0.25) is 0 Å². The van der Waals surface area contributed by atoms with Gasteiger partial charge in [0.15, 0.2) is 0 Å². The highest BCUT2D eigenvalue weighted by Gasteiger charge is 2.14. The summed E-state index contributed by atoms with van der Waals surface area (Å²) in [5.74, 6) is 0. The van der Waals surface area contributed by atoms with Crippen molar-refractivity contribution in [3.8, 4) is 0 Å². The van der Waals surface area contributed by atoms with Gasteiger partial charge in [-0.2, -0.15) is 0 Å². The highest BCUT2D eigenvalue weighted by molar-refractivity contribution is 4.96. The number of hydrogen-bond donors (Lipinski definition) is 2. The van der Waals surface area contributed by atoms with E-state index in [0.29, 0.717) is 0 Å². The molecule has 0 aromatic carbocycles. The molecule has 0 bridgehead atoms. The van der Waals surface area contributed by atoms with E-state index in [1.807, 2.05) is 0 Å². The van der Waals surface area contributed by atoms with E-state index in [1.54, 1.807) is 6.92 Å². The van der Waals surface area contributed by atoms with Crippen molar-refractivity contribution in [2.24, 2.45) is 5.73 Å². The Bertz CT molecular complexity index is 137. The lowest BCUT2D eigenvalue weighted by atomic mass is 10.2. The summed E-state index contributed by atoms with van der Waals surface area (Å²) < 4.78 is 0. The minimum Gasteiger partial charge on any atom is -0.392 e. The molecule has 64 valence electrons. The van der Waals surface area contributed by atoms with Crippen LogP contribution in [0.5, 0.6) is 0 Å². The quantitative estimate of drug-likeness (QED) is 0.545. The lowest BCUT2D eigenvalue weighted by Crippen LogP contribution is -2.43. The topological polar surface area (TPSA) is 49.5 Å². The van der Waals surface area contributed by atoms with Crippen molar-refractivity contribution >= 4 is 0 Å².